The van der Waals surface area contributed by atoms with Crippen LogP contribution in [0.3, 0.4) is 0 Å². The van der Waals surface area contributed by atoms with E-state index in [0.29, 0.717) is 12.5 Å². The predicted molar refractivity (Wildman–Crippen MR) is 82.5 cm³/mol. The lowest BCUT2D eigenvalue weighted by atomic mass is 9.96. The van der Waals surface area contributed by atoms with Crippen LogP contribution in [0.25, 0.3) is 0 Å². The highest BCUT2D eigenvalue weighted by Gasteiger charge is 2.38. The third-order valence-electron chi connectivity index (χ3n) is 2.91. The third-order valence-corrected chi connectivity index (χ3v) is 2.91. The van der Waals surface area contributed by atoms with Gasteiger partial charge in [-0.3, -0.25) is 0 Å². The molecule has 0 radical (unpaired) electrons. The van der Waals surface area contributed by atoms with E-state index in [1.807, 2.05) is 30.3 Å². The average molecular weight is 347 g/mol. The minimum absolute atomic E-state index is 0.146. The number of hydrogen-bond donors (Lipinski definition) is 3. The Morgan fingerprint density at radius 3 is 1.96 bits per heavy atom. The Hall–Kier alpha value is -2.35. The Labute approximate surface area is 137 Å². The molecule has 0 heterocycles. The van der Waals surface area contributed by atoms with E-state index in [-0.39, 0.29) is 11.6 Å². The molecule has 0 spiro atoms. The molecule has 24 heavy (non-hydrogen) atoms. The molecule has 0 saturated carbocycles. The van der Waals surface area contributed by atoms with Gasteiger partial charge in [-0.05, 0) is 11.5 Å². The highest BCUT2D eigenvalue weighted by molar-refractivity contribution is 5.86. The van der Waals surface area contributed by atoms with Crippen molar-refractivity contribution in [1.82, 2.24) is 5.32 Å². The van der Waals surface area contributed by atoms with E-state index in [4.69, 9.17) is 15.0 Å². The summed E-state index contributed by atoms with van der Waals surface area (Å²) >= 11 is 0. The van der Waals surface area contributed by atoms with Crippen molar-refractivity contribution < 1.29 is 33.0 Å². The van der Waals surface area contributed by atoms with Crippen molar-refractivity contribution in [2.75, 3.05) is 6.54 Å². The van der Waals surface area contributed by atoms with Crippen molar-refractivity contribution in [2.24, 2.45) is 5.92 Å². The minimum atomic E-state index is -5.08. The molecule has 0 aliphatic carbocycles. The molecule has 134 valence electrons. The number of benzene rings is 1. The molecule has 1 aromatic carbocycles. The van der Waals surface area contributed by atoms with Gasteiger partial charge in [-0.25, -0.2) is 9.59 Å². The first-order chi connectivity index (χ1) is 11.0. The monoisotopic (exact) mass is 347 g/mol. The number of carbonyl (C=O) groups is 2. The zero-order valence-electron chi connectivity index (χ0n) is 13.3. The molecule has 1 unspecified atom stereocenters. The van der Waals surface area contributed by atoms with Crippen LogP contribution >= 0.6 is 0 Å². The summed E-state index contributed by atoms with van der Waals surface area (Å²) < 4.78 is 31.7. The first-order valence-electron chi connectivity index (χ1n) is 6.96. The molecule has 0 bridgehead atoms. The summed E-state index contributed by atoms with van der Waals surface area (Å²) in [4.78, 5) is 19.6. The van der Waals surface area contributed by atoms with Crippen molar-refractivity contribution in [3.05, 3.63) is 48.0 Å². The number of halogens is 3. The SMILES string of the molecule is C=C(CNC(c1ccccc1)C(C)C)C(=O)O.O=C(O)C(F)(F)F. The van der Waals surface area contributed by atoms with Crippen molar-refractivity contribution in [3.63, 3.8) is 0 Å². The van der Waals surface area contributed by atoms with Gasteiger partial charge in [0.1, 0.15) is 0 Å². The second kappa shape index (κ2) is 9.71. The normalized spacial score (nSPS) is 12.1. The number of carboxylic acid groups (broad SMARTS) is 2. The molecule has 1 atom stereocenters. The van der Waals surface area contributed by atoms with Crippen LogP contribution < -0.4 is 5.32 Å². The van der Waals surface area contributed by atoms with Gasteiger partial charge >= 0.3 is 18.1 Å². The van der Waals surface area contributed by atoms with Gasteiger partial charge in [0, 0.05) is 18.2 Å². The lowest BCUT2D eigenvalue weighted by molar-refractivity contribution is -0.192. The molecule has 0 aliphatic heterocycles. The quantitative estimate of drug-likeness (QED) is 0.688. The highest BCUT2D eigenvalue weighted by atomic mass is 19.4. The maximum atomic E-state index is 10.7. The van der Waals surface area contributed by atoms with Crippen LogP contribution in [0.4, 0.5) is 13.2 Å². The average Bonchev–Trinajstić information content (AvgIpc) is 2.47. The van der Waals surface area contributed by atoms with Crippen molar-refractivity contribution in [3.8, 4) is 0 Å². The summed E-state index contributed by atoms with van der Waals surface area (Å²) in [6, 6.07) is 10.2. The van der Waals surface area contributed by atoms with Gasteiger partial charge in [-0.1, -0.05) is 50.8 Å². The molecule has 1 aromatic rings. The largest absolute Gasteiger partial charge is 0.490 e. The van der Waals surface area contributed by atoms with Crippen molar-refractivity contribution in [1.29, 1.82) is 0 Å². The first-order valence-corrected chi connectivity index (χ1v) is 6.96. The minimum Gasteiger partial charge on any atom is -0.478 e. The lowest BCUT2D eigenvalue weighted by Crippen LogP contribution is -2.29. The van der Waals surface area contributed by atoms with Crippen LogP contribution in [-0.4, -0.2) is 34.9 Å². The number of hydrogen-bond acceptors (Lipinski definition) is 3. The summed E-state index contributed by atoms with van der Waals surface area (Å²) in [6.45, 7) is 8.03. The fourth-order valence-corrected chi connectivity index (χ4v) is 1.71. The fraction of sp³-hybridized carbons (Fsp3) is 0.375. The summed E-state index contributed by atoms with van der Waals surface area (Å²) in [5, 5.41) is 19.1. The first kappa shape index (κ1) is 21.6. The van der Waals surface area contributed by atoms with E-state index in [1.54, 1.807) is 0 Å². The molecule has 3 N–H and O–H groups in total. The van der Waals surface area contributed by atoms with Crippen LogP contribution in [-0.2, 0) is 9.59 Å². The fourth-order valence-electron chi connectivity index (χ4n) is 1.71. The van der Waals surface area contributed by atoms with Gasteiger partial charge in [0.2, 0.25) is 0 Å². The number of alkyl halides is 3. The number of aliphatic carboxylic acids is 2. The molecule has 0 saturated heterocycles. The molecule has 0 aromatic heterocycles. The molecule has 0 amide bonds. The molecule has 5 nitrogen and oxygen atoms in total. The zero-order chi connectivity index (χ0) is 18.9. The van der Waals surface area contributed by atoms with Gasteiger partial charge < -0.3 is 15.5 Å². The van der Waals surface area contributed by atoms with Gasteiger partial charge in [0.15, 0.2) is 0 Å². The number of carboxylic acids is 2. The van der Waals surface area contributed by atoms with E-state index in [9.17, 15) is 18.0 Å². The van der Waals surface area contributed by atoms with Gasteiger partial charge in [-0.2, -0.15) is 13.2 Å². The Morgan fingerprint density at radius 1 is 1.17 bits per heavy atom. The van der Waals surface area contributed by atoms with Gasteiger partial charge in [0.25, 0.3) is 0 Å². The maximum Gasteiger partial charge on any atom is 0.490 e. The van der Waals surface area contributed by atoms with Crippen LogP contribution in [0, 0.1) is 5.92 Å². The summed E-state index contributed by atoms with van der Waals surface area (Å²) in [5.41, 5.74) is 1.35. The van der Waals surface area contributed by atoms with Gasteiger partial charge in [0.05, 0.1) is 0 Å². The van der Waals surface area contributed by atoms with E-state index >= 15 is 0 Å². The van der Waals surface area contributed by atoms with E-state index in [0.717, 1.165) is 0 Å². The highest BCUT2D eigenvalue weighted by Crippen LogP contribution is 2.21. The molecule has 8 heteroatoms. The van der Waals surface area contributed by atoms with Crippen LogP contribution in [0.5, 0.6) is 0 Å². The standard InChI is InChI=1S/C14H19NO2.C2HF3O2/c1-10(2)13(12-7-5-4-6-8-12)15-9-11(3)14(16)17;3-2(4,5)1(6)7/h4-8,10,13,15H,3,9H2,1-2H3,(H,16,17);(H,6,7). The zero-order valence-corrected chi connectivity index (χ0v) is 13.3. The topological polar surface area (TPSA) is 86.6 Å². The molecule has 0 aliphatic rings. The van der Waals surface area contributed by atoms with Crippen molar-refractivity contribution >= 4 is 11.9 Å². The lowest BCUT2D eigenvalue weighted by Gasteiger charge is -2.23. The van der Waals surface area contributed by atoms with E-state index in [1.165, 1.54) is 5.56 Å². The Bertz CT molecular complexity index is 556. The maximum absolute atomic E-state index is 10.7. The Morgan fingerprint density at radius 2 is 1.62 bits per heavy atom. The van der Waals surface area contributed by atoms with E-state index < -0.39 is 18.1 Å². The molecular formula is C16H20F3NO4. The van der Waals surface area contributed by atoms with Crippen LogP contribution in [0.2, 0.25) is 0 Å². The van der Waals surface area contributed by atoms with E-state index in [2.05, 4.69) is 25.7 Å². The third kappa shape index (κ3) is 8.33. The molecule has 1 rings (SSSR count). The summed E-state index contributed by atoms with van der Waals surface area (Å²) in [7, 11) is 0. The van der Waals surface area contributed by atoms with Crippen LogP contribution in [0.15, 0.2) is 42.5 Å². The van der Waals surface area contributed by atoms with Crippen LogP contribution in [0.1, 0.15) is 25.5 Å². The van der Waals surface area contributed by atoms with Gasteiger partial charge in [-0.15, -0.1) is 0 Å². The predicted octanol–water partition coefficient (Wildman–Crippen LogP) is 3.25. The Kier molecular flexibility index (Phi) is 8.76. The number of rotatable bonds is 6. The smallest absolute Gasteiger partial charge is 0.478 e. The number of nitrogens with one attached hydrogen (secondary N) is 1. The molecular weight excluding hydrogens is 327 g/mol. The second-order valence-corrected chi connectivity index (χ2v) is 5.22. The summed E-state index contributed by atoms with van der Waals surface area (Å²) in [6.07, 6.45) is -5.08. The Balaban J connectivity index is 0.000000640. The van der Waals surface area contributed by atoms with Crippen molar-refractivity contribution in [2.45, 2.75) is 26.1 Å². The molecule has 0 fully saturated rings. The summed E-state index contributed by atoms with van der Waals surface area (Å²) in [5.74, 6) is -3.32. The second-order valence-electron chi connectivity index (χ2n) is 5.22.